The van der Waals surface area contributed by atoms with Crippen LogP contribution < -0.4 is 4.90 Å². The Balaban J connectivity index is 2.90. The molecule has 0 aromatic carbocycles. The lowest BCUT2D eigenvalue weighted by Crippen LogP contribution is -2.29. The molecule has 1 heterocycles. The van der Waals surface area contributed by atoms with E-state index in [9.17, 15) is 0 Å². The molecule has 5 heteroatoms. The number of nitrogens with zero attached hydrogens (tertiary/aromatic N) is 3. The summed E-state index contributed by atoms with van der Waals surface area (Å²) >= 11 is 7.53. The molecule has 0 aliphatic rings. The normalized spacial score (nSPS) is 12.5. The van der Waals surface area contributed by atoms with Gasteiger partial charge in [0.05, 0.1) is 0 Å². The molecule has 17 heavy (non-hydrogen) atoms. The summed E-state index contributed by atoms with van der Waals surface area (Å²) in [7, 11) is 0. The second kappa shape index (κ2) is 7.07. The van der Waals surface area contributed by atoms with Crippen molar-refractivity contribution in [1.29, 1.82) is 0 Å². The lowest BCUT2D eigenvalue weighted by Gasteiger charge is -2.25. The summed E-state index contributed by atoms with van der Waals surface area (Å²) in [6.45, 7) is 8.54. The van der Waals surface area contributed by atoms with Gasteiger partial charge in [-0.25, -0.2) is 9.97 Å². The van der Waals surface area contributed by atoms with Crippen molar-refractivity contribution in [3.63, 3.8) is 0 Å². The number of thioether (sulfide) groups is 1. The molecule has 1 atom stereocenters. The van der Waals surface area contributed by atoms with Gasteiger partial charge in [0.2, 0.25) is 0 Å². The average molecular weight is 274 g/mol. The van der Waals surface area contributed by atoms with E-state index in [4.69, 9.17) is 11.6 Å². The summed E-state index contributed by atoms with van der Waals surface area (Å²) in [5.41, 5.74) is 0. The van der Waals surface area contributed by atoms with Crippen LogP contribution in [0.25, 0.3) is 0 Å². The number of halogens is 1. The van der Waals surface area contributed by atoms with Gasteiger partial charge < -0.3 is 4.90 Å². The molecule has 0 fully saturated rings. The van der Waals surface area contributed by atoms with E-state index >= 15 is 0 Å². The van der Waals surface area contributed by atoms with Crippen molar-refractivity contribution in [1.82, 2.24) is 9.97 Å². The second-order valence-corrected chi connectivity index (χ2v) is 5.25. The molecular weight excluding hydrogens is 254 g/mol. The van der Waals surface area contributed by atoms with Crippen molar-refractivity contribution in [3.8, 4) is 0 Å². The fourth-order valence-corrected chi connectivity index (χ4v) is 2.13. The van der Waals surface area contributed by atoms with Gasteiger partial charge in [0.15, 0.2) is 5.16 Å². The van der Waals surface area contributed by atoms with Crippen LogP contribution in [0.4, 0.5) is 5.82 Å². The van der Waals surface area contributed by atoms with Crippen molar-refractivity contribution in [2.24, 2.45) is 5.92 Å². The number of anilines is 1. The standard InChI is InChI=1S/C12H20ClN3S/c1-5-9(3)8-16(6-2)11-7-10(13)14-12(15-11)17-4/h7,9H,5-6,8H2,1-4H3. The molecule has 0 saturated carbocycles. The maximum absolute atomic E-state index is 6.01. The lowest BCUT2D eigenvalue weighted by molar-refractivity contribution is 0.544. The van der Waals surface area contributed by atoms with E-state index in [0.717, 1.165) is 24.1 Å². The van der Waals surface area contributed by atoms with E-state index in [1.807, 2.05) is 12.3 Å². The third kappa shape index (κ3) is 4.36. The first-order chi connectivity index (χ1) is 8.10. The van der Waals surface area contributed by atoms with E-state index in [1.54, 1.807) is 0 Å². The maximum Gasteiger partial charge on any atom is 0.190 e. The lowest BCUT2D eigenvalue weighted by atomic mass is 10.1. The molecule has 0 spiro atoms. The van der Waals surface area contributed by atoms with Crippen LogP contribution >= 0.6 is 23.4 Å². The molecule has 1 aromatic rings. The average Bonchev–Trinajstić information content (AvgIpc) is 2.34. The minimum absolute atomic E-state index is 0.516. The Morgan fingerprint density at radius 1 is 1.41 bits per heavy atom. The second-order valence-electron chi connectivity index (χ2n) is 4.09. The molecule has 0 saturated heterocycles. The van der Waals surface area contributed by atoms with Gasteiger partial charge in [-0.05, 0) is 19.1 Å². The number of aromatic nitrogens is 2. The molecule has 96 valence electrons. The van der Waals surface area contributed by atoms with Crippen molar-refractivity contribution < 1.29 is 0 Å². The highest BCUT2D eigenvalue weighted by Crippen LogP contribution is 2.21. The molecule has 1 rings (SSSR count). The van der Waals surface area contributed by atoms with Crippen LogP contribution in [0.2, 0.25) is 5.15 Å². The summed E-state index contributed by atoms with van der Waals surface area (Å²) < 4.78 is 0. The highest BCUT2D eigenvalue weighted by Gasteiger charge is 2.12. The van der Waals surface area contributed by atoms with Crippen LogP contribution in [0.15, 0.2) is 11.2 Å². The van der Waals surface area contributed by atoms with Crippen LogP contribution in [-0.4, -0.2) is 29.3 Å². The minimum atomic E-state index is 0.516. The Labute approximate surface area is 113 Å². The largest absolute Gasteiger partial charge is 0.356 e. The van der Waals surface area contributed by atoms with Gasteiger partial charge in [-0.15, -0.1) is 0 Å². The Kier molecular flexibility index (Phi) is 6.06. The highest BCUT2D eigenvalue weighted by atomic mass is 35.5. The van der Waals surface area contributed by atoms with E-state index in [-0.39, 0.29) is 0 Å². The third-order valence-electron chi connectivity index (χ3n) is 2.78. The Morgan fingerprint density at radius 2 is 2.12 bits per heavy atom. The fraction of sp³-hybridized carbons (Fsp3) is 0.667. The topological polar surface area (TPSA) is 29.0 Å². The first-order valence-electron chi connectivity index (χ1n) is 5.94. The zero-order valence-corrected chi connectivity index (χ0v) is 12.5. The van der Waals surface area contributed by atoms with Gasteiger partial charge in [0, 0.05) is 19.2 Å². The van der Waals surface area contributed by atoms with Gasteiger partial charge >= 0.3 is 0 Å². The fourth-order valence-electron chi connectivity index (χ4n) is 1.53. The van der Waals surface area contributed by atoms with E-state index in [2.05, 4.69) is 35.6 Å². The molecule has 0 amide bonds. The summed E-state index contributed by atoms with van der Waals surface area (Å²) in [4.78, 5) is 10.9. The predicted molar refractivity (Wildman–Crippen MR) is 76.2 cm³/mol. The first kappa shape index (κ1) is 14.6. The minimum Gasteiger partial charge on any atom is -0.356 e. The van der Waals surface area contributed by atoms with Crippen LogP contribution in [0, 0.1) is 5.92 Å². The first-order valence-corrected chi connectivity index (χ1v) is 7.54. The number of hydrogen-bond acceptors (Lipinski definition) is 4. The third-order valence-corrected chi connectivity index (χ3v) is 3.52. The van der Waals surface area contributed by atoms with E-state index in [0.29, 0.717) is 11.1 Å². The van der Waals surface area contributed by atoms with Gasteiger partial charge in [0.25, 0.3) is 0 Å². The van der Waals surface area contributed by atoms with Gasteiger partial charge in [0.1, 0.15) is 11.0 Å². The summed E-state index contributed by atoms with van der Waals surface area (Å²) in [6.07, 6.45) is 3.13. The molecule has 0 bridgehead atoms. The summed E-state index contributed by atoms with van der Waals surface area (Å²) in [5.74, 6) is 1.58. The van der Waals surface area contributed by atoms with Gasteiger partial charge in [-0.3, -0.25) is 0 Å². The molecule has 3 nitrogen and oxygen atoms in total. The molecular formula is C12H20ClN3S. The quantitative estimate of drug-likeness (QED) is 0.449. The summed E-state index contributed by atoms with van der Waals surface area (Å²) in [6, 6.07) is 1.84. The monoisotopic (exact) mass is 273 g/mol. The van der Waals surface area contributed by atoms with Crippen molar-refractivity contribution in [3.05, 3.63) is 11.2 Å². The van der Waals surface area contributed by atoms with Crippen LogP contribution in [0.1, 0.15) is 27.2 Å². The molecule has 0 aliphatic heterocycles. The van der Waals surface area contributed by atoms with Crippen LogP contribution in [0.3, 0.4) is 0 Å². The van der Waals surface area contributed by atoms with Crippen molar-refractivity contribution >= 4 is 29.2 Å². The van der Waals surface area contributed by atoms with E-state index in [1.165, 1.54) is 18.2 Å². The smallest absolute Gasteiger partial charge is 0.190 e. The van der Waals surface area contributed by atoms with Gasteiger partial charge in [-0.2, -0.15) is 0 Å². The molecule has 1 unspecified atom stereocenters. The Morgan fingerprint density at radius 3 is 2.65 bits per heavy atom. The molecule has 0 radical (unpaired) electrons. The van der Waals surface area contributed by atoms with Gasteiger partial charge in [-0.1, -0.05) is 43.6 Å². The Bertz CT molecular complexity index is 360. The van der Waals surface area contributed by atoms with Crippen molar-refractivity contribution in [2.75, 3.05) is 24.2 Å². The Hall–Kier alpha value is -0.480. The van der Waals surface area contributed by atoms with Crippen molar-refractivity contribution in [2.45, 2.75) is 32.3 Å². The predicted octanol–water partition coefficient (Wildman–Crippen LogP) is 3.72. The molecule has 1 aromatic heterocycles. The SMILES string of the molecule is CCC(C)CN(CC)c1cc(Cl)nc(SC)n1. The molecule has 0 N–H and O–H groups in total. The van der Waals surface area contributed by atoms with E-state index < -0.39 is 0 Å². The highest BCUT2D eigenvalue weighted by molar-refractivity contribution is 7.98. The zero-order chi connectivity index (χ0) is 12.8. The van der Waals surface area contributed by atoms with Crippen LogP contribution in [-0.2, 0) is 0 Å². The maximum atomic E-state index is 6.01. The number of hydrogen-bond donors (Lipinski definition) is 0. The molecule has 0 aliphatic carbocycles. The summed E-state index contributed by atoms with van der Waals surface area (Å²) in [5, 5.41) is 1.25. The zero-order valence-electron chi connectivity index (χ0n) is 10.9. The number of rotatable bonds is 6. The van der Waals surface area contributed by atoms with Crippen LogP contribution in [0.5, 0.6) is 0 Å².